The minimum Gasteiger partial charge on any atom is -0.467 e. The Balaban J connectivity index is 1.78. The Morgan fingerprint density at radius 3 is 2.63 bits per heavy atom. The van der Waals surface area contributed by atoms with Crippen LogP contribution in [0.25, 0.3) is 0 Å². The van der Waals surface area contributed by atoms with Crippen LogP contribution in [0.4, 0.5) is 4.39 Å². The molecule has 0 fully saturated rings. The Morgan fingerprint density at radius 2 is 2.00 bits per heavy atom. The first-order chi connectivity index (χ1) is 9.15. The number of hydrogen-bond acceptors (Lipinski definition) is 3. The second kappa shape index (κ2) is 6.50. The van der Waals surface area contributed by atoms with Crippen molar-refractivity contribution in [2.75, 3.05) is 6.54 Å². The van der Waals surface area contributed by atoms with Crippen LogP contribution in [0.2, 0.25) is 0 Å². The Kier molecular flexibility index (Phi) is 4.71. The van der Waals surface area contributed by atoms with Gasteiger partial charge in [-0.2, -0.15) is 0 Å². The van der Waals surface area contributed by atoms with Gasteiger partial charge in [-0.3, -0.25) is 0 Å². The molecule has 1 aromatic carbocycles. The van der Waals surface area contributed by atoms with Crippen molar-refractivity contribution in [2.24, 2.45) is 0 Å². The van der Waals surface area contributed by atoms with Gasteiger partial charge in [0.25, 0.3) is 0 Å². The average molecular weight is 263 g/mol. The molecule has 0 saturated carbocycles. The van der Waals surface area contributed by atoms with Crippen LogP contribution in [0.5, 0.6) is 0 Å². The van der Waals surface area contributed by atoms with E-state index in [1.54, 1.807) is 30.5 Å². The summed E-state index contributed by atoms with van der Waals surface area (Å²) in [5.41, 5.74) is 1.06. The summed E-state index contributed by atoms with van der Waals surface area (Å²) in [6.07, 6.45) is 1.68. The minimum atomic E-state index is -0.648. The highest BCUT2D eigenvalue weighted by Crippen LogP contribution is 2.12. The number of aliphatic hydroxyl groups is 1. The van der Waals surface area contributed by atoms with Crippen LogP contribution in [-0.4, -0.2) is 17.7 Å². The van der Waals surface area contributed by atoms with E-state index in [0.29, 0.717) is 12.3 Å². The van der Waals surface area contributed by atoms with Crippen LogP contribution in [0.15, 0.2) is 47.1 Å². The van der Waals surface area contributed by atoms with Crippen LogP contribution >= 0.6 is 0 Å². The molecule has 0 spiro atoms. The molecule has 102 valence electrons. The molecule has 1 aromatic heterocycles. The van der Waals surface area contributed by atoms with Crippen molar-refractivity contribution < 1.29 is 13.9 Å². The fourth-order valence-corrected chi connectivity index (χ4v) is 1.94. The van der Waals surface area contributed by atoms with E-state index in [9.17, 15) is 9.50 Å². The lowest BCUT2D eigenvalue weighted by Gasteiger charge is -2.16. The number of furan rings is 1. The van der Waals surface area contributed by atoms with E-state index in [1.807, 2.05) is 6.92 Å². The Labute approximate surface area is 112 Å². The maximum Gasteiger partial charge on any atom is 0.133 e. The van der Waals surface area contributed by atoms with Crippen molar-refractivity contribution in [3.05, 3.63) is 59.8 Å². The van der Waals surface area contributed by atoms with Gasteiger partial charge >= 0.3 is 0 Å². The van der Waals surface area contributed by atoms with Crippen molar-refractivity contribution in [3.63, 3.8) is 0 Å². The number of nitrogens with one attached hydrogen (secondary N) is 1. The third-order valence-corrected chi connectivity index (χ3v) is 2.99. The highest BCUT2D eigenvalue weighted by Gasteiger charge is 2.11. The number of benzene rings is 1. The van der Waals surface area contributed by atoms with E-state index in [4.69, 9.17) is 4.42 Å². The van der Waals surface area contributed by atoms with Gasteiger partial charge in [0.05, 0.1) is 6.26 Å². The van der Waals surface area contributed by atoms with Gasteiger partial charge in [-0.15, -0.1) is 0 Å². The molecule has 0 aliphatic carbocycles. The lowest BCUT2D eigenvalue weighted by atomic mass is 10.1. The summed E-state index contributed by atoms with van der Waals surface area (Å²) in [7, 11) is 0. The van der Waals surface area contributed by atoms with Gasteiger partial charge in [0, 0.05) is 12.6 Å². The highest BCUT2D eigenvalue weighted by molar-refractivity contribution is 5.17. The largest absolute Gasteiger partial charge is 0.467 e. The third-order valence-electron chi connectivity index (χ3n) is 2.99. The maximum atomic E-state index is 12.8. The van der Waals surface area contributed by atoms with Crippen LogP contribution < -0.4 is 5.32 Å². The fourth-order valence-electron chi connectivity index (χ4n) is 1.94. The lowest BCUT2D eigenvalue weighted by Crippen LogP contribution is -2.31. The van der Waals surface area contributed by atoms with Gasteiger partial charge in [-0.1, -0.05) is 12.1 Å². The van der Waals surface area contributed by atoms with E-state index < -0.39 is 6.10 Å². The van der Waals surface area contributed by atoms with Gasteiger partial charge in [-0.05, 0) is 43.2 Å². The van der Waals surface area contributed by atoms with Crippen molar-refractivity contribution in [1.82, 2.24) is 5.32 Å². The van der Waals surface area contributed by atoms with Crippen molar-refractivity contribution in [3.8, 4) is 0 Å². The first kappa shape index (κ1) is 13.8. The topological polar surface area (TPSA) is 45.4 Å². The maximum absolute atomic E-state index is 12.8. The third kappa shape index (κ3) is 4.19. The van der Waals surface area contributed by atoms with E-state index >= 15 is 0 Å². The minimum absolute atomic E-state index is 0.190. The molecule has 0 radical (unpaired) electrons. The summed E-state index contributed by atoms with van der Waals surface area (Å²) in [6, 6.07) is 10.2. The van der Waals surface area contributed by atoms with E-state index in [0.717, 1.165) is 12.0 Å². The molecule has 1 heterocycles. The van der Waals surface area contributed by atoms with E-state index in [1.165, 1.54) is 12.1 Å². The van der Waals surface area contributed by atoms with Gasteiger partial charge in [0.2, 0.25) is 0 Å². The molecule has 0 aliphatic heterocycles. The summed E-state index contributed by atoms with van der Waals surface area (Å²) in [6.45, 7) is 2.45. The molecule has 0 saturated heterocycles. The van der Waals surface area contributed by atoms with Gasteiger partial charge in [-0.25, -0.2) is 4.39 Å². The number of halogens is 1. The zero-order valence-corrected chi connectivity index (χ0v) is 10.8. The SMILES string of the molecule is CC(Cc1ccc(F)cc1)NCC(O)c1ccco1. The summed E-state index contributed by atoms with van der Waals surface area (Å²) in [5.74, 6) is 0.332. The molecule has 2 atom stereocenters. The summed E-state index contributed by atoms with van der Waals surface area (Å²) in [4.78, 5) is 0. The summed E-state index contributed by atoms with van der Waals surface area (Å²) >= 11 is 0. The second-order valence-electron chi connectivity index (χ2n) is 4.67. The van der Waals surface area contributed by atoms with Crippen molar-refractivity contribution >= 4 is 0 Å². The first-order valence-corrected chi connectivity index (χ1v) is 6.34. The zero-order chi connectivity index (χ0) is 13.7. The first-order valence-electron chi connectivity index (χ1n) is 6.34. The Bertz CT molecular complexity index is 481. The highest BCUT2D eigenvalue weighted by atomic mass is 19.1. The second-order valence-corrected chi connectivity index (χ2v) is 4.67. The average Bonchev–Trinajstić information content (AvgIpc) is 2.93. The monoisotopic (exact) mass is 263 g/mol. The molecule has 3 nitrogen and oxygen atoms in total. The molecule has 2 N–H and O–H groups in total. The molecule has 0 aliphatic rings. The molecule has 19 heavy (non-hydrogen) atoms. The molecule has 2 unspecified atom stereocenters. The predicted molar refractivity (Wildman–Crippen MR) is 71.2 cm³/mol. The predicted octanol–water partition coefficient (Wildman–Crippen LogP) is 2.67. The number of aliphatic hydroxyl groups excluding tert-OH is 1. The van der Waals surface area contributed by atoms with Crippen molar-refractivity contribution in [1.29, 1.82) is 0 Å². The number of rotatable bonds is 6. The van der Waals surface area contributed by atoms with Gasteiger partial charge < -0.3 is 14.8 Å². The smallest absolute Gasteiger partial charge is 0.133 e. The molecular formula is C15H18FNO2. The van der Waals surface area contributed by atoms with Gasteiger partial charge in [0.15, 0.2) is 0 Å². The van der Waals surface area contributed by atoms with E-state index in [-0.39, 0.29) is 11.9 Å². The van der Waals surface area contributed by atoms with Crippen molar-refractivity contribution in [2.45, 2.75) is 25.5 Å². The fraction of sp³-hybridized carbons (Fsp3) is 0.333. The van der Waals surface area contributed by atoms with Crippen LogP contribution in [0.3, 0.4) is 0 Å². The Hall–Kier alpha value is -1.65. The summed E-state index contributed by atoms with van der Waals surface area (Å²) in [5, 5.41) is 13.1. The zero-order valence-electron chi connectivity index (χ0n) is 10.8. The summed E-state index contributed by atoms with van der Waals surface area (Å²) < 4.78 is 17.9. The standard InChI is InChI=1S/C15H18FNO2/c1-11(9-12-4-6-13(16)7-5-12)17-10-14(18)15-3-2-8-19-15/h2-8,11,14,17-18H,9-10H2,1H3. The van der Waals surface area contributed by atoms with E-state index in [2.05, 4.69) is 5.32 Å². The lowest BCUT2D eigenvalue weighted by molar-refractivity contribution is 0.144. The molecule has 2 rings (SSSR count). The molecule has 2 aromatic rings. The molecule has 0 amide bonds. The normalized spacial score (nSPS) is 14.3. The number of hydrogen-bond donors (Lipinski definition) is 2. The quantitative estimate of drug-likeness (QED) is 0.842. The van der Waals surface area contributed by atoms with Crippen LogP contribution in [0, 0.1) is 5.82 Å². The molecule has 0 bridgehead atoms. The van der Waals surface area contributed by atoms with Crippen LogP contribution in [-0.2, 0) is 6.42 Å². The Morgan fingerprint density at radius 1 is 1.26 bits per heavy atom. The molecule has 4 heteroatoms. The molecular weight excluding hydrogens is 245 g/mol. The van der Waals surface area contributed by atoms with Gasteiger partial charge in [0.1, 0.15) is 17.7 Å². The van der Waals surface area contributed by atoms with Crippen LogP contribution in [0.1, 0.15) is 24.4 Å².